The Hall–Kier alpha value is -2.11. The fourth-order valence-corrected chi connectivity index (χ4v) is 2.35. The number of carboxylic acid groups (broad SMARTS) is 1. The van der Waals surface area contributed by atoms with E-state index in [-0.39, 0.29) is 11.7 Å². The van der Waals surface area contributed by atoms with E-state index < -0.39 is 16.8 Å². The van der Waals surface area contributed by atoms with Crippen LogP contribution < -0.4 is 5.32 Å². The van der Waals surface area contributed by atoms with Gasteiger partial charge in [0.2, 0.25) is 0 Å². The van der Waals surface area contributed by atoms with Crippen LogP contribution in [0.1, 0.15) is 19.3 Å². The van der Waals surface area contributed by atoms with Crippen molar-refractivity contribution >= 4 is 17.3 Å². The number of hydrogen-bond acceptors (Lipinski definition) is 4. The molecule has 0 heterocycles. The third kappa shape index (κ3) is 2.58. The SMILES string of the molecule is O=C(O)C1CCCC1Nc1cccc([N+](=O)[O-])c1. The van der Waals surface area contributed by atoms with Gasteiger partial charge in [-0.05, 0) is 18.9 Å². The van der Waals surface area contributed by atoms with Crippen LogP contribution in [0.5, 0.6) is 0 Å². The summed E-state index contributed by atoms with van der Waals surface area (Å²) in [6.45, 7) is 0. The number of carbonyl (C=O) groups is 1. The van der Waals surface area contributed by atoms with Crippen LogP contribution in [0.15, 0.2) is 24.3 Å². The molecule has 1 aliphatic rings. The second-order valence-electron chi connectivity index (χ2n) is 4.43. The first-order valence-electron chi connectivity index (χ1n) is 5.82. The van der Waals surface area contributed by atoms with Crippen molar-refractivity contribution in [3.05, 3.63) is 34.4 Å². The highest BCUT2D eigenvalue weighted by Crippen LogP contribution is 2.29. The van der Waals surface area contributed by atoms with Gasteiger partial charge < -0.3 is 10.4 Å². The van der Waals surface area contributed by atoms with E-state index in [1.165, 1.54) is 12.1 Å². The molecule has 0 radical (unpaired) electrons. The van der Waals surface area contributed by atoms with Gasteiger partial charge in [0.1, 0.15) is 0 Å². The molecule has 6 nitrogen and oxygen atoms in total. The molecule has 96 valence electrons. The zero-order valence-electron chi connectivity index (χ0n) is 9.70. The number of aliphatic carboxylic acids is 1. The maximum absolute atomic E-state index is 11.0. The molecule has 2 N–H and O–H groups in total. The number of rotatable bonds is 4. The van der Waals surface area contributed by atoms with E-state index in [4.69, 9.17) is 5.11 Å². The van der Waals surface area contributed by atoms with Crippen molar-refractivity contribution in [2.45, 2.75) is 25.3 Å². The highest BCUT2D eigenvalue weighted by atomic mass is 16.6. The predicted octanol–water partition coefficient (Wildman–Crippen LogP) is 2.26. The number of carboxylic acids is 1. The zero-order valence-corrected chi connectivity index (χ0v) is 9.70. The standard InChI is InChI=1S/C12H14N2O4/c15-12(16)10-5-2-6-11(10)13-8-3-1-4-9(7-8)14(17)18/h1,3-4,7,10-11,13H,2,5-6H2,(H,15,16). The summed E-state index contributed by atoms with van der Waals surface area (Å²) in [5.74, 6) is -1.22. The number of nitrogens with zero attached hydrogens (tertiary/aromatic N) is 1. The molecule has 0 aromatic heterocycles. The van der Waals surface area contributed by atoms with Gasteiger partial charge in [-0.3, -0.25) is 14.9 Å². The average molecular weight is 250 g/mol. The molecule has 0 bridgehead atoms. The van der Waals surface area contributed by atoms with Gasteiger partial charge in [0.25, 0.3) is 5.69 Å². The molecule has 18 heavy (non-hydrogen) atoms. The first-order valence-corrected chi connectivity index (χ1v) is 5.82. The molecule has 2 rings (SSSR count). The van der Waals surface area contributed by atoms with E-state index in [0.717, 1.165) is 12.8 Å². The fraction of sp³-hybridized carbons (Fsp3) is 0.417. The molecular formula is C12H14N2O4. The fourth-order valence-electron chi connectivity index (χ4n) is 2.35. The summed E-state index contributed by atoms with van der Waals surface area (Å²) in [6, 6.07) is 5.99. The van der Waals surface area contributed by atoms with Gasteiger partial charge >= 0.3 is 5.97 Å². The van der Waals surface area contributed by atoms with E-state index in [9.17, 15) is 14.9 Å². The summed E-state index contributed by atoms with van der Waals surface area (Å²) < 4.78 is 0. The summed E-state index contributed by atoms with van der Waals surface area (Å²) >= 11 is 0. The minimum Gasteiger partial charge on any atom is -0.481 e. The summed E-state index contributed by atoms with van der Waals surface area (Å²) in [5.41, 5.74) is 0.604. The van der Waals surface area contributed by atoms with Crippen LogP contribution >= 0.6 is 0 Å². The van der Waals surface area contributed by atoms with Gasteiger partial charge in [-0.1, -0.05) is 12.5 Å². The largest absolute Gasteiger partial charge is 0.481 e. The van der Waals surface area contributed by atoms with E-state index in [2.05, 4.69) is 5.32 Å². The van der Waals surface area contributed by atoms with Crippen LogP contribution in [-0.2, 0) is 4.79 Å². The molecule has 1 aliphatic carbocycles. The molecule has 0 aliphatic heterocycles. The summed E-state index contributed by atoms with van der Waals surface area (Å²) in [7, 11) is 0. The van der Waals surface area contributed by atoms with Crippen LogP contribution in [-0.4, -0.2) is 22.0 Å². The summed E-state index contributed by atoms with van der Waals surface area (Å²) in [4.78, 5) is 21.2. The lowest BCUT2D eigenvalue weighted by Crippen LogP contribution is -2.29. The van der Waals surface area contributed by atoms with Gasteiger partial charge in [0, 0.05) is 23.9 Å². The number of anilines is 1. The van der Waals surface area contributed by atoms with Crippen LogP contribution in [0.4, 0.5) is 11.4 Å². The molecular weight excluding hydrogens is 236 g/mol. The minimum absolute atomic E-state index is 0.00451. The number of nitrogens with one attached hydrogen (secondary N) is 1. The number of nitro benzene ring substituents is 1. The van der Waals surface area contributed by atoms with Crippen LogP contribution in [0.25, 0.3) is 0 Å². The average Bonchev–Trinajstić information content (AvgIpc) is 2.77. The Labute approximate surface area is 104 Å². The highest BCUT2D eigenvalue weighted by molar-refractivity contribution is 5.72. The van der Waals surface area contributed by atoms with Crippen molar-refractivity contribution in [1.82, 2.24) is 0 Å². The van der Waals surface area contributed by atoms with Crippen molar-refractivity contribution in [3.8, 4) is 0 Å². The van der Waals surface area contributed by atoms with Gasteiger partial charge in [-0.15, -0.1) is 0 Å². The Bertz CT molecular complexity index is 475. The van der Waals surface area contributed by atoms with E-state index in [0.29, 0.717) is 12.1 Å². The Balaban J connectivity index is 2.11. The third-order valence-corrected chi connectivity index (χ3v) is 3.24. The van der Waals surface area contributed by atoms with Crippen molar-refractivity contribution in [2.24, 2.45) is 5.92 Å². The Morgan fingerprint density at radius 2 is 2.22 bits per heavy atom. The van der Waals surface area contributed by atoms with E-state index in [1.807, 2.05) is 0 Å². The van der Waals surface area contributed by atoms with Crippen molar-refractivity contribution in [3.63, 3.8) is 0 Å². The maximum Gasteiger partial charge on any atom is 0.308 e. The first-order chi connectivity index (χ1) is 8.58. The van der Waals surface area contributed by atoms with Gasteiger partial charge in [0.05, 0.1) is 10.8 Å². The zero-order chi connectivity index (χ0) is 13.1. The monoisotopic (exact) mass is 250 g/mol. The smallest absolute Gasteiger partial charge is 0.308 e. The van der Waals surface area contributed by atoms with Crippen LogP contribution in [0.3, 0.4) is 0 Å². The lowest BCUT2D eigenvalue weighted by atomic mass is 10.0. The number of nitro groups is 1. The summed E-state index contributed by atoms with van der Waals surface area (Å²) in [5, 5.41) is 22.8. The first kappa shape index (κ1) is 12.3. The second-order valence-corrected chi connectivity index (χ2v) is 4.43. The summed E-state index contributed by atoms with van der Waals surface area (Å²) in [6.07, 6.45) is 2.30. The molecule has 1 fully saturated rings. The van der Waals surface area contributed by atoms with E-state index in [1.54, 1.807) is 12.1 Å². The van der Waals surface area contributed by atoms with E-state index >= 15 is 0 Å². The lowest BCUT2D eigenvalue weighted by molar-refractivity contribution is -0.384. The molecule has 2 unspecified atom stereocenters. The topological polar surface area (TPSA) is 92.5 Å². The van der Waals surface area contributed by atoms with Gasteiger partial charge in [-0.2, -0.15) is 0 Å². The number of non-ortho nitro benzene ring substituents is 1. The Morgan fingerprint density at radius 1 is 1.44 bits per heavy atom. The second kappa shape index (κ2) is 5.03. The van der Waals surface area contributed by atoms with Crippen molar-refractivity contribution in [1.29, 1.82) is 0 Å². The minimum atomic E-state index is -0.810. The Kier molecular flexibility index (Phi) is 3.45. The molecule has 1 saturated carbocycles. The molecule has 1 aromatic rings. The third-order valence-electron chi connectivity index (χ3n) is 3.24. The van der Waals surface area contributed by atoms with Crippen molar-refractivity contribution in [2.75, 3.05) is 5.32 Å². The predicted molar refractivity (Wildman–Crippen MR) is 65.5 cm³/mol. The van der Waals surface area contributed by atoms with Crippen LogP contribution in [0.2, 0.25) is 0 Å². The molecule has 0 amide bonds. The molecule has 6 heteroatoms. The molecule has 0 spiro atoms. The lowest BCUT2D eigenvalue weighted by Gasteiger charge is -2.18. The van der Waals surface area contributed by atoms with Gasteiger partial charge in [-0.25, -0.2) is 0 Å². The Morgan fingerprint density at radius 3 is 2.89 bits per heavy atom. The van der Waals surface area contributed by atoms with Crippen molar-refractivity contribution < 1.29 is 14.8 Å². The normalized spacial score (nSPS) is 22.7. The number of hydrogen-bond donors (Lipinski definition) is 2. The molecule has 1 aromatic carbocycles. The highest BCUT2D eigenvalue weighted by Gasteiger charge is 2.32. The molecule has 0 saturated heterocycles. The molecule has 2 atom stereocenters. The van der Waals surface area contributed by atoms with Gasteiger partial charge in [0.15, 0.2) is 0 Å². The quantitative estimate of drug-likeness (QED) is 0.631. The maximum atomic E-state index is 11.0. The van der Waals surface area contributed by atoms with Crippen LogP contribution in [0, 0.1) is 16.0 Å². The number of benzene rings is 1.